The number of benzene rings is 1. The Labute approximate surface area is 115 Å². The molecular weight excluding hydrogens is 299 g/mol. The molecule has 0 saturated heterocycles. The highest BCUT2D eigenvalue weighted by Gasteiger charge is 2.16. The molecule has 100 valence electrons. The summed E-state index contributed by atoms with van der Waals surface area (Å²) in [6.07, 6.45) is 0. The molecule has 0 fully saturated rings. The Morgan fingerprint density at radius 3 is 2.67 bits per heavy atom. The van der Waals surface area contributed by atoms with Crippen LogP contribution in [0.1, 0.15) is 32.4 Å². The zero-order valence-corrected chi connectivity index (χ0v) is 12.3. The summed E-state index contributed by atoms with van der Waals surface area (Å²) in [5.41, 5.74) is 0.930. The van der Waals surface area contributed by atoms with E-state index in [1.807, 2.05) is 13.8 Å². The van der Waals surface area contributed by atoms with Crippen LogP contribution in [0.2, 0.25) is 0 Å². The van der Waals surface area contributed by atoms with Crippen molar-refractivity contribution in [3.8, 4) is 0 Å². The van der Waals surface area contributed by atoms with E-state index in [2.05, 4.69) is 26.6 Å². The summed E-state index contributed by atoms with van der Waals surface area (Å²) < 4.78 is 13.6. The van der Waals surface area contributed by atoms with E-state index >= 15 is 0 Å². The van der Waals surface area contributed by atoms with Gasteiger partial charge in [0.15, 0.2) is 0 Å². The number of halogens is 2. The molecule has 1 aromatic rings. The predicted octanol–water partition coefficient (Wildman–Crippen LogP) is 2.76. The van der Waals surface area contributed by atoms with E-state index in [1.54, 1.807) is 19.1 Å². The minimum atomic E-state index is -0.289. The van der Waals surface area contributed by atoms with E-state index < -0.39 is 0 Å². The van der Waals surface area contributed by atoms with Crippen LogP contribution in [0.4, 0.5) is 4.39 Å². The third kappa shape index (κ3) is 4.07. The maximum atomic E-state index is 13.1. The molecule has 0 heterocycles. The Morgan fingerprint density at radius 1 is 1.44 bits per heavy atom. The average Bonchev–Trinajstić information content (AvgIpc) is 2.32. The van der Waals surface area contributed by atoms with Crippen molar-refractivity contribution in [3.05, 3.63) is 34.1 Å². The first kappa shape index (κ1) is 15.1. The lowest BCUT2D eigenvalue weighted by atomic mass is 10.1. The zero-order chi connectivity index (χ0) is 13.7. The lowest BCUT2D eigenvalue weighted by molar-refractivity contribution is -0.122. The normalized spacial score (nSPS) is 14.1. The molecule has 3 nitrogen and oxygen atoms in total. The summed E-state index contributed by atoms with van der Waals surface area (Å²) >= 11 is 3.15. The third-order valence-corrected chi connectivity index (χ3v) is 3.30. The van der Waals surface area contributed by atoms with Crippen LogP contribution in [0.5, 0.6) is 0 Å². The first-order valence-electron chi connectivity index (χ1n) is 5.94. The van der Waals surface area contributed by atoms with Gasteiger partial charge in [-0.25, -0.2) is 4.39 Å². The molecule has 0 aliphatic heterocycles. The van der Waals surface area contributed by atoms with Crippen molar-refractivity contribution in [3.63, 3.8) is 0 Å². The topological polar surface area (TPSA) is 41.1 Å². The van der Waals surface area contributed by atoms with Crippen molar-refractivity contribution < 1.29 is 9.18 Å². The van der Waals surface area contributed by atoms with Crippen LogP contribution in [0.25, 0.3) is 0 Å². The Bertz CT molecular complexity index is 425. The number of carbonyl (C=O) groups excluding carboxylic acids is 1. The maximum Gasteiger partial charge on any atom is 0.236 e. The van der Waals surface area contributed by atoms with Crippen LogP contribution >= 0.6 is 15.9 Å². The number of hydrogen-bond acceptors (Lipinski definition) is 2. The molecule has 18 heavy (non-hydrogen) atoms. The summed E-state index contributed by atoms with van der Waals surface area (Å²) in [5, 5.41) is 5.92. The van der Waals surface area contributed by atoms with Gasteiger partial charge in [-0.3, -0.25) is 10.1 Å². The van der Waals surface area contributed by atoms with Crippen molar-refractivity contribution in [2.24, 2.45) is 0 Å². The zero-order valence-electron chi connectivity index (χ0n) is 10.8. The fourth-order valence-electron chi connectivity index (χ4n) is 1.66. The fourth-order valence-corrected chi connectivity index (χ4v) is 2.05. The lowest BCUT2D eigenvalue weighted by Crippen LogP contribution is -2.43. The van der Waals surface area contributed by atoms with E-state index in [0.29, 0.717) is 11.0 Å². The highest BCUT2D eigenvalue weighted by molar-refractivity contribution is 9.10. The second kappa shape index (κ2) is 6.85. The van der Waals surface area contributed by atoms with Gasteiger partial charge in [0.25, 0.3) is 0 Å². The average molecular weight is 317 g/mol. The molecule has 2 N–H and O–H groups in total. The second-order valence-corrected chi connectivity index (χ2v) is 5.03. The molecule has 1 amide bonds. The fraction of sp³-hybridized carbons (Fsp3) is 0.462. The van der Waals surface area contributed by atoms with Gasteiger partial charge >= 0.3 is 0 Å². The van der Waals surface area contributed by atoms with Crippen LogP contribution in [0.3, 0.4) is 0 Å². The standard InChI is InChI=1S/C13H18BrFN2O/c1-4-16-13(18)9(3)17-8(2)10-5-6-12(15)11(14)7-10/h5-9,17H,4H2,1-3H3,(H,16,18). The van der Waals surface area contributed by atoms with Gasteiger partial charge in [-0.2, -0.15) is 0 Å². The number of likely N-dealkylation sites (N-methyl/N-ethyl adjacent to an activating group) is 1. The summed E-state index contributed by atoms with van der Waals surface area (Å²) in [7, 11) is 0. The van der Waals surface area contributed by atoms with Crippen LogP contribution in [-0.2, 0) is 4.79 Å². The molecule has 5 heteroatoms. The van der Waals surface area contributed by atoms with Gasteiger partial charge in [0.1, 0.15) is 5.82 Å². The van der Waals surface area contributed by atoms with Crippen molar-refractivity contribution in [2.45, 2.75) is 32.9 Å². The summed E-state index contributed by atoms with van der Waals surface area (Å²) in [6, 6.07) is 4.52. The van der Waals surface area contributed by atoms with Crippen molar-refractivity contribution in [2.75, 3.05) is 6.54 Å². The molecule has 0 aliphatic carbocycles. The molecule has 1 aromatic carbocycles. The predicted molar refractivity (Wildman–Crippen MR) is 73.8 cm³/mol. The Balaban J connectivity index is 2.67. The maximum absolute atomic E-state index is 13.1. The van der Waals surface area contributed by atoms with E-state index in [9.17, 15) is 9.18 Å². The first-order chi connectivity index (χ1) is 8.45. The van der Waals surface area contributed by atoms with Gasteiger partial charge in [-0.05, 0) is 54.4 Å². The Hall–Kier alpha value is -0.940. The molecule has 0 spiro atoms. The van der Waals surface area contributed by atoms with Gasteiger partial charge in [0, 0.05) is 12.6 Å². The van der Waals surface area contributed by atoms with E-state index in [-0.39, 0.29) is 23.8 Å². The molecule has 2 atom stereocenters. The van der Waals surface area contributed by atoms with Crippen LogP contribution < -0.4 is 10.6 Å². The van der Waals surface area contributed by atoms with E-state index in [0.717, 1.165) is 5.56 Å². The monoisotopic (exact) mass is 316 g/mol. The van der Waals surface area contributed by atoms with Crippen molar-refractivity contribution >= 4 is 21.8 Å². The van der Waals surface area contributed by atoms with Gasteiger partial charge in [-0.1, -0.05) is 6.07 Å². The van der Waals surface area contributed by atoms with Crippen LogP contribution in [0.15, 0.2) is 22.7 Å². The minimum absolute atomic E-state index is 0.0282. The first-order valence-corrected chi connectivity index (χ1v) is 6.73. The quantitative estimate of drug-likeness (QED) is 0.877. The second-order valence-electron chi connectivity index (χ2n) is 4.18. The molecule has 0 bridgehead atoms. The number of rotatable bonds is 5. The smallest absolute Gasteiger partial charge is 0.236 e. The summed E-state index contributed by atoms with van der Waals surface area (Å²) in [4.78, 5) is 11.6. The van der Waals surface area contributed by atoms with Crippen LogP contribution in [-0.4, -0.2) is 18.5 Å². The number of carbonyl (C=O) groups is 1. The lowest BCUT2D eigenvalue weighted by Gasteiger charge is -2.20. The molecule has 0 aliphatic rings. The van der Waals surface area contributed by atoms with Crippen molar-refractivity contribution in [1.82, 2.24) is 10.6 Å². The number of hydrogen-bond donors (Lipinski definition) is 2. The third-order valence-electron chi connectivity index (χ3n) is 2.69. The molecule has 0 aromatic heterocycles. The number of nitrogens with one attached hydrogen (secondary N) is 2. The highest BCUT2D eigenvalue weighted by atomic mass is 79.9. The Kier molecular flexibility index (Phi) is 5.75. The largest absolute Gasteiger partial charge is 0.355 e. The highest BCUT2D eigenvalue weighted by Crippen LogP contribution is 2.21. The molecule has 2 unspecified atom stereocenters. The van der Waals surface area contributed by atoms with Gasteiger partial charge in [0.2, 0.25) is 5.91 Å². The van der Waals surface area contributed by atoms with E-state index in [4.69, 9.17) is 0 Å². The Morgan fingerprint density at radius 2 is 2.11 bits per heavy atom. The van der Waals surface area contributed by atoms with Gasteiger partial charge < -0.3 is 5.32 Å². The van der Waals surface area contributed by atoms with Gasteiger partial charge in [-0.15, -0.1) is 0 Å². The van der Waals surface area contributed by atoms with E-state index in [1.165, 1.54) is 6.07 Å². The van der Waals surface area contributed by atoms with Crippen molar-refractivity contribution in [1.29, 1.82) is 0 Å². The molecular formula is C13H18BrFN2O. The summed E-state index contributed by atoms with van der Waals surface area (Å²) in [5.74, 6) is -0.326. The van der Waals surface area contributed by atoms with Crippen LogP contribution in [0, 0.1) is 5.82 Å². The number of amides is 1. The molecule has 1 rings (SSSR count). The minimum Gasteiger partial charge on any atom is -0.355 e. The SMILES string of the molecule is CCNC(=O)C(C)NC(C)c1ccc(F)c(Br)c1. The summed E-state index contributed by atoms with van der Waals surface area (Å²) in [6.45, 7) is 6.24. The van der Waals surface area contributed by atoms with Gasteiger partial charge in [0.05, 0.1) is 10.5 Å². The molecule has 0 radical (unpaired) electrons. The molecule has 0 saturated carbocycles.